The molecule has 0 bridgehead atoms. The predicted octanol–water partition coefficient (Wildman–Crippen LogP) is 4.00. The summed E-state index contributed by atoms with van der Waals surface area (Å²) in [4.78, 5) is 34.8. The van der Waals surface area contributed by atoms with Gasteiger partial charge in [-0.2, -0.15) is 5.10 Å². The second kappa shape index (κ2) is 10.7. The molecule has 1 saturated heterocycles. The summed E-state index contributed by atoms with van der Waals surface area (Å²) in [7, 11) is 0. The van der Waals surface area contributed by atoms with Crippen LogP contribution in [-0.2, 0) is 22.4 Å². The molecule has 6 rings (SSSR count). The van der Waals surface area contributed by atoms with Gasteiger partial charge < -0.3 is 20.1 Å². The molecule has 5 heterocycles. The third-order valence-electron chi connectivity index (χ3n) is 7.32. The van der Waals surface area contributed by atoms with Crippen molar-refractivity contribution in [1.82, 2.24) is 19.7 Å². The van der Waals surface area contributed by atoms with Gasteiger partial charge >= 0.3 is 5.97 Å². The maximum atomic E-state index is 12.3. The van der Waals surface area contributed by atoms with Crippen LogP contribution in [0.15, 0.2) is 55.0 Å². The zero-order valence-corrected chi connectivity index (χ0v) is 21.5. The molecule has 1 amide bonds. The van der Waals surface area contributed by atoms with E-state index in [0.717, 1.165) is 48.2 Å². The predicted molar refractivity (Wildman–Crippen MR) is 146 cm³/mol. The van der Waals surface area contributed by atoms with Gasteiger partial charge in [0.15, 0.2) is 0 Å². The van der Waals surface area contributed by atoms with Crippen molar-refractivity contribution in [3.8, 4) is 5.75 Å². The van der Waals surface area contributed by atoms with Gasteiger partial charge in [-0.05, 0) is 60.7 Å². The van der Waals surface area contributed by atoms with E-state index in [4.69, 9.17) is 9.72 Å². The van der Waals surface area contributed by atoms with E-state index in [1.807, 2.05) is 24.3 Å². The van der Waals surface area contributed by atoms with Crippen molar-refractivity contribution in [3.63, 3.8) is 0 Å². The summed E-state index contributed by atoms with van der Waals surface area (Å²) >= 11 is 0. The number of aryl methyl sites for hydroxylation is 1. The zero-order chi connectivity index (χ0) is 26.8. The van der Waals surface area contributed by atoms with Crippen LogP contribution in [0.5, 0.6) is 5.75 Å². The molecule has 2 aliphatic rings. The Balaban J connectivity index is 1.19. The smallest absolute Gasteiger partial charge is 0.305 e. The average molecular weight is 527 g/mol. The van der Waals surface area contributed by atoms with Crippen LogP contribution in [0.4, 0.5) is 11.5 Å². The number of carbonyl (C=O) groups excluding carboxylic acids is 1. The van der Waals surface area contributed by atoms with Gasteiger partial charge in [0.2, 0.25) is 5.91 Å². The Hall–Kier alpha value is -4.47. The van der Waals surface area contributed by atoms with E-state index in [9.17, 15) is 14.7 Å². The van der Waals surface area contributed by atoms with Gasteiger partial charge in [-0.15, -0.1) is 0 Å². The topological polar surface area (TPSA) is 122 Å². The Morgan fingerprint density at radius 3 is 2.87 bits per heavy atom. The first-order valence-electron chi connectivity index (χ1n) is 13.3. The molecule has 0 aliphatic carbocycles. The van der Waals surface area contributed by atoms with E-state index in [0.29, 0.717) is 43.0 Å². The van der Waals surface area contributed by atoms with Crippen LogP contribution in [0.1, 0.15) is 48.5 Å². The fourth-order valence-corrected chi connectivity index (χ4v) is 5.36. The van der Waals surface area contributed by atoms with E-state index in [1.165, 1.54) is 5.56 Å². The summed E-state index contributed by atoms with van der Waals surface area (Å²) in [6.45, 7) is 2.09. The van der Waals surface area contributed by atoms with Gasteiger partial charge in [-0.25, -0.2) is 4.98 Å². The van der Waals surface area contributed by atoms with Gasteiger partial charge in [0.1, 0.15) is 11.6 Å². The van der Waals surface area contributed by atoms with Crippen molar-refractivity contribution in [2.75, 3.05) is 29.9 Å². The molecule has 1 aromatic carbocycles. The summed E-state index contributed by atoms with van der Waals surface area (Å²) in [6, 6.07) is 11.2. The van der Waals surface area contributed by atoms with Crippen LogP contribution in [0.2, 0.25) is 0 Å². The minimum atomic E-state index is -0.947. The SMILES string of the molecule is O=C(O)CC(c1cncc(N2CCCC2=O)c1)n1ncc2cc(OCCc3ccc4c(n3)NCCC4)ccc21. The van der Waals surface area contributed by atoms with Gasteiger partial charge in [0.25, 0.3) is 0 Å². The first-order valence-corrected chi connectivity index (χ1v) is 13.3. The molecule has 0 radical (unpaired) electrons. The monoisotopic (exact) mass is 526 g/mol. The average Bonchev–Trinajstić information content (AvgIpc) is 3.57. The number of fused-ring (bicyclic) bond motifs is 2. The number of nitrogens with zero attached hydrogens (tertiary/aromatic N) is 5. The maximum Gasteiger partial charge on any atom is 0.305 e. The number of benzene rings is 1. The lowest BCUT2D eigenvalue weighted by molar-refractivity contribution is -0.137. The molecule has 1 unspecified atom stereocenters. The molecule has 200 valence electrons. The van der Waals surface area contributed by atoms with Crippen LogP contribution in [0, 0.1) is 0 Å². The number of hydrogen-bond acceptors (Lipinski definition) is 7. The highest BCUT2D eigenvalue weighted by Crippen LogP contribution is 2.31. The molecular formula is C29H30N6O4. The molecule has 1 fully saturated rings. The third-order valence-corrected chi connectivity index (χ3v) is 7.32. The molecule has 0 spiro atoms. The number of ether oxygens (including phenoxy) is 1. The maximum absolute atomic E-state index is 12.3. The second-order valence-corrected chi connectivity index (χ2v) is 9.99. The van der Waals surface area contributed by atoms with E-state index in [2.05, 4.69) is 27.5 Å². The molecule has 39 heavy (non-hydrogen) atoms. The van der Waals surface area contributed by atoms with Crippen molar-refractivity contribution < 1.29 is 19.4 Å². The normalized spacial score (nSPS) is 15.7. The van der Waals surface area contributed by atoms with Crippen LogP contribution in [-0.4, -0.2) is 56.4 Å². The largest absolute Gasteiger partial charge is 0.493 e. The van der Waals surface area contributed by atoms with Gasteiger partial charge in [0.05, 0.1) is 42.7 Å². The van der Waals surface area contributed by atoms with Crippen molar-refractivity contribution in [1.29, 1.82) is 0 Å². The Morgan fingerprint density at radius 1 is 1.10 bits per heavy atom. The number of pyridine rings is 2. The number of aliphatic carboxylic acids is 1. The molecule has 0 saturated carbocycles. The van der Waals surface area contributed by atoms with Crippen molar-refractivity contribution >= 4 is 34.3 Å². The van der Waals surface area contributed by atoms with Crippen LogP contribution in [0.25, 0.3) is 10.9 Å². The second-order valence-electron chi connectivity index (χ2n) is 9.99. The van der Waals surface area contributed by atoms with Crippen molar-refractivity contribution in [3.05, 3.63) is 71.8 Å². The summed E-state index contributed by atoms with van der Waals surface area (Å²) in [5, 5.41) is 18.4. The Morgan fingerprint density at radius 2 is 2.03 bits per heavy atom. The standard InChI is InChI=1S/C29H30N6O4/c36-27-4-2-11-34(27)23-13-20(16-30-18-23)26(15-28(37)38)35-25-8-7-24(14-21(25)17-32-35)39-12-9-22-6-5-19-3-1-10-31-29(19)33-22/h5-8,13-14,16-18,26H,1-4,9-12,15H2,(H,31,33)(H,37,38). The lowest BCUT2D eigenvalue weighted by Gasteiger charge is -2.20. The molecular weight excluding hydrogens is 496 g/mol. The third kappa shape index (κ3) is 5.27. The van der Waals surface area contributed by atoms with Gasteiger partial charge in [0, 0.05) is 43.2 Å². The van der Waals surface area contributed by atoms with Gasteiger partial charge in [-0.1, -0.05) is 6.07 Å². The minimum absolute atomic E-state index is 0.0554. The number of anilines is 2. The van der Waals surface area contributed by atoms with Crippen LogP contribution >= 0.6 is 0 Å². The number of nitrogens with one attached hydrogen (secondary N) is 1. The fourth-order valence-electron chi connectivity index (χ4n) is 5.36. The number of carboxylic acid groups (broad SMARTS) is 1. The van der Waals surface area contributed by atoms with E-state index >= 15 is 0 Å². The number of carboxylic acids is 1. The number of carbonyl (C=O) groups is 2. The number of amides is 1. The van der Waals surface area contributed by atoms with Gasteiger partial charge in [-0.3, -0.25) is 19.3 Å². The zero-order valence-electron chi connectivity index (χ0n) is 21.5. The Labute approximate surface area is 225 Å². The van der Waals surface area contributed by atoms with Crippen molar-refractivity contribution in [2.45, 2.75) is 44.6 Å². The van der Waals surface area contributed by atoms with Crippen LogP contribution < -0.4 is 15.0 Å². The quantitative estimate of drug-likeness (QED) is 0.336. The lowest BCUT2D eigenvalue weighted by atomic mass is 10.0. The Bertz CT molecular complexity index is 1530. The highest BCUT2D eigenvalue weighted by atomic mass is 16.5. The summed E-state index contributed by atoms with van der Waals surface area (Å²) in [5.41, 5.74) is 4.41. The number of rotatable bonds is 9. The van der Waals surface area contributed by atoms with E-state index in [-0.39, 0.29) is 12.3 Å². The molecule has 2 N–H and O–H groups in total. The molecule has 2 aliphatic heterocycles. The van der Waals surface area contributed by atoms with Crippen LogP contribution in [0.3, 0.4) is 0 Å². The molecule has 1 atom stereocenters. The number of aromatic nitrogens is 4. The van der Waals surface area contributed by atoms with E-state index < -0.39 is 12.0 Å². The first-order chi connectivity index (χ1) is 19.0. The highest BCUT2D eigenvalue weighted by molar-refractivity contribution is 5.95. The first kappa shape index (κ1) is 24.8. The van der Waals surface area contributed by atoms with E-state index in [1.54, 1.807) is 28.2 Å². The highest BCUT2D eigenvalue weighted by Gasteiger charge is 2.25. The lowest BCUT2D eigenvalue weighted by Crippen LogP contribution is -2.24. The minimum Gasteiger partial charge on any atom is -0.493 e. The summed E-state index contributed by atoms with van der Waals surface area (Å²) < 4.78 is 7.74. The van der Waals surface area contributed by atoms with Crippen molar-refractivity contribution in [2.24, 2.45) is 0 Å². The number of hydrogen-bond donors (Lipinski definition) is 2. The Kier molecular flexibility index (Phi) is 6.83. The molecule has 10 nitrogen and oxygen atoms in total. The molecule has 4 aromatic rings. The summed E-state index contributed by atoms with van der Waals surface area (Å²) in [5.74, 6) is 0.803. The molecule has 10 heteroatoms. The molecule has 3 aromatic heterocycles. The fraction of sp³-hybridized carbons (Fsp3) is 0.345. The summed E-state index contributed by atoms with van der Waals surface area (Å²) in [6.07, 6.45) is 9.04.